The number of amidine groups is 1. The van der Waals surface area contributed by atoms with Crippen molar-refractivity contribution in [1.29, 1.82) is 0 Å². The first kappa shape index (κ1) is 19.9. The number of benzene rings is 1. The first-order chi connectivity index (χ1) is 11.3. The van der Waals surface area contributed by atoms with Gasteiger partial charge in [-0.1, -0.05) is 35.0 Å². The van der Waals surface area contributed by atoms with Crippen LogP contribution >= 0.6 is 35.0 Å². The molecule has 1 unspecified atom stereocenters. The zero-order chi connectivity index (χ0) is 17.9. The maximum atomic E-state index is 6.15. The van der Waals surface area contributed by atoms with Crippen molar-refractivity contribution < 1.29 is 0 Å². The lowest BCUT2D eigenvalue weighted by Crippen LogP contribution is -2.40. The molecule has 1 heterocycles. The van der Waals surface area contributed by atoms with Crippen LogP contribution in [0.4, 0.5) is 5.69 Å². The van der Waals surface area contributed by atoms with Crippen molar-refractivity contribution in [3.8, 4) is 0 Å². The average molecular weight is 389 g/mol. The van der Waals surface area contributed by atoms with Gasteiger partial charge in [0.25, 0.3) is 0 Å². The molecular formula is C17H26Cl2N4S. The summed E-state index contributed by atoms with van der Waals surface area (Å²) in [6.07, 6.45) is 0.0493. The van der Waals surface area contributed by atoms with E-state index in [4.69, 9.17) is 23.2 Å². The maximum absolute atomic E-state index is 6.15. The van der Waals surface area contributed by atoms with Crippen molar-refractivity contribution in [1.82, 2.24) is 10.3 Å². The van der Waals surface area contributed by atoms with Crippen LogP contribution in [0.5, 0.6) is 0 Å². The largest absolute Gasteiger partial charge is 0.298 e. The molecule has 24 heavy (non-hydrogen) atoms. The molecular weight excluding hydrogens is 363 g/mol. The van der Waals surface area contributed by atoms with Gasteiger partial charge in [-0.25, -0.2) is 10.4 Å². The fourth-order valence-corrected chi connectivity index (χ4v) is 4.06. The molecule has 0 saturated carbocycles. The second-order valence-electron chi connectivity index (χ2n) is 6.42. The number of halogens is 2. The Hall–Kier alpha value is -0.460. The number of nitrogens with one attached hydrogen (secondary N) is 1. The van der Waals surface area contributed by atoms with Crippen molar-refractivity contribution in [2.45, 2.75) is 52.9 Å². The van der Waals surface area contributed by atoms with Crippen LogP contribution in [0.15, 0.2) is 23.2 Å². The molecule has 0 fully saturated rings. The van der Waals surface area contributed by atoms with Crippen molar-refractivity contribution in [3.63, 3.8) is 0 Å². The predicted octanol–water partition coefficient (Wildman–Crippen LogP) is 4.87. The van der Waals surface area contributed by atoms with Crippen LogP contribution in [0.25, 0.3) is 0 Å². The molecule has 2 rings (SSSR count). The molecule has 0 spiro atoms. The molecule has 1 aromatic rings. The zero-order valence-electron chi connectivity index (χ0n) is 14.9. The second kappa shape index (κ2) is 8.77. The number of anilines is 1. The molecule has 0 aromatic heterocycles. The molecule has 134 valence electrons. The highest BCUT2D eigenvalue weighted by atomic mass is 35.5. The van der Waals surface area contributed by atoms with Gasteiger partial charge >= 0.3 is 0 Å². The topological polar surface area (TPSA) is 30.9 Å². The molecule has 0 bridgehead atoms. The molecule has 1 N–H and O–H groups in total. The highest BCUT2D eigenvalue weighted by molar-refractivity contribution is 8.14. The van der Waals surface area contributed by atoms with Crippen LogP contribution in [0, 0.1) is 0 Å². The van der Waals surface area contributed by atoms with E-state index in [9.17, 15) is 0 Å². The Labute approximate surface area is 159 Å². The summed E-state index contributed by atoms with van der Waals surface area (Å²) < 4.78 is 0. The summed E-state index contributed by atoms with van der Waals surface area (Å²) in [6, 6.07) is 6.70. The Kier molecular flexibility index (Phi) is 7.25. The number of aliphatic imine (C=N–C) groups is 1. The minimum Gasteiger partial charge on any atom is -0.298 e. The first-order valence-electron chi connectivity index (χ1n) is 8.27. The molecule has 1 aliphatic rings. The number of rotatable bonds is 6. The maximum Gasteiger partial charge on any atom is 0.180 e. The molecule has 0 saturated heterocycles. The summed E-state index contributed by atoms with van der Waals surface area (Å²) in [6.45, 7) is 12.0. The van der Waals surface area contributed by atoms with E-state index in [1.54, 1.807) is 11.8 Å². The molecule has 0 aliphatic carbocycles. The van der Waals surface area contributed by atoms with Gasteiger partial charge in [0.1, 0.15) is 6.17 Å². The standard InChI is InChI=1S/C17H26Cl2N4S/c1-11(2)22(12(3)4)8-9-24-17-20-13(5)21-23(17)14-6-7-15(18)16(19)10-14/h6-7,10-13,21H,8-9H2,1-5H3. The third kappa shape index (κ3) is 5.02. The van der Waals surface area contributed by atoms with E-state index in [1.807, 2.05) is 30.1 Å². The molecule has 0 amide bonds. The van der Waals surface area contributed by atoms with Gasteiger partial charge in [0.2, 0.25) is 0 Å². The Morgan fingerprint density at radius 2 is 1.88 bits per heavy atom. The van der Waals surface area contributed by atoms with Crippen LogP contribution in [-0.2, 0) is 0 Å². The van der Waals surface area contributed by atoms with E-state index in [2.05, 4.69) is 43.0 Å². The molecule has 7 heteroatoms. The smallest absolute Gasteiger partial charge is 0.180 e. The fraction of sp³-hybridized carbons (Fsp3) is 0.588. The van der Waals surface area contributed by atoms with Gasteiger partial charge in [-0.15, -0.1) is 0 Å². The lowest BCUT2D eigenvalue weighted by Gasteiger charge is -2.30. The zero-order valence-corrected chi connectivity index (χ0v) is 17.2. The Bertz CT molecular complexity index is 584. The molecule has 1 aromatic carbocycles. The van der Waals surface area contributed by atoms with Crippen LogP contribution in [-0.4, -0.2) is 40.6 Å². The third-order valence-electron chi connectivity index (χ3n) is 3.88. The lowest BCUT2D eigenvalue weighted by molar-refractivity contribution is 0.187. The number of hydrogen-bond donors (Lipinski definition) is 1. The third-order valence-corrected chi connectivity index (χ3v) is 5.55. The second-order valence-corrected chi connectivity index (χ2v) is 8.30. The highest BCUT2D eigenvalue weighted by Crippen LogP contribution is 2.29. The van der Waals surface area contributed by atoms with E-state index in [-0.39, 0.29) is 6.17 Å². The number of nitrogens with zero attached hydrogens (tertiary/aromatic N) is 3. The summed E-state index contributed by atoms with van der Waals surface area (Å²) in [5, 5.41) is 4.06. The Morgan fingerprint density at radius 3 is 2.46 bits per heavy atom. The van der Waals surface area contributed by atoms with Crippen LogP contribution in [0.2, 0.25) is 10.0 Å². The molecule has 1 aliphatic heterocycles. The minimum atomic E-state index is 0.0493. The molecule has 4 nitrogen and oxygen atoms in total. The van der Waals surface area contributed by atoms with Crippen LogP contribution < -0.4 is 10.4 Å². The summed E-state index contributed by atoms with van der Waals surface area (Å²) in [5.41, 5.74) is 4.29. The van der Waals surface area contributed by atoms with Gasteiger partial charge in [-0.05, 0) is 52.8 Å². The van der Waals surface area contributed by atoms with Crippen molar-refractivity contribution in [3.05, 3.63) is 28.2 Å². The quantitative estimate of drug-likeness (QED) is 0.752. The van der Waals surface area contributed by atoms with E-state index in [0.29, 0.717) is 22.1 Å². The van der Waals surface area contributed by atoms with Crippen LogP contribution in [0.1, 0.15) is 34.6 Å². The lowest BCUT2D eigenvalue weighted by atomic mass is 10.2. The van der Waals surface area contributed by atoms with E-state index >= 15 is 0 Å². The normalized spacial score (nSPS) is 18.2. The van der Waals surface area contributed by atoms with Crippen molar-refractivity contribution >= 4 is 45.8 Å². The average Bonchev–Trinajstić information content (AvgIpc) is 2.86. The van der Waals surface area contributed by atoms with E-state index < -0.39 is 0 Å². The monoisotopic (exact) mass is 388 g/mol. The van der Waals surface area contributed by atoms with Gasteiger partial charge in [-0.2, -0.15) is 0 Å². The van der Waals surface area contributed by atoms with Crippen LogP contribution in [0.3, 0.4) is 0 Å². The van der Waals surface area contributed by atoms with Gasteiger partial charge in [0, 0.05) is 24.4 Å². The number of thioether (sulfide) groups is 1. The fourth-order valence-electron chi connectivity index (χ4n) is 2.76. The summed E-state index contributed by atoms with van der Waals surface area (Å²) in [5.74, 6) is 0.988. The SMILES string of the molecule is CC1N=C(SCCN(C(C)C)C(C)C)N(c2ccc(Cl)c(Cl)c2)N1. The number of hydrazine groups is 1. The van der Waals surface area contributed by atoms with Crippen molar-refractivity contribution in [2.75, 3.05) is 17.3 Å². The van der Waals surface area contributed by atoms with Gasteiger partial charge in [-0.3, -0.25) is 9.91 Å². The van der Waals surface area contributed by atoms with E-state index in [0.717, 1.165) is 23.2 Å². The van der Waals surface area contributed by atoms with Gasteiger partial charge in [0.05, 0.1) is 15.7 Å². The summed E-state index contributed by atoms with van der Waals surface area (Å²) >= 11 is 13.9. The Balaban J connectivity index is 2.02. The minimum absolute atomic E-state index is 0.0493. The summed E-state index contributed by atoms with van der Waals surface area (Å²) in [4.78, 5) is 7.17. The van der Waals surface area contributed by atoms with Gasteiger partial charge in [0.15, 0.2) is 5.17 Å². The predicted molar refractivity (Wildman–Crippen MR) is 108 cm³/mol. The molecule has 0 radical (unpaired) electrons. The molecule has 1 atom stereocenters. The van der Waals surface area contributed by atoms with Gasteiger partial charge < -0.3 is 0 Å². The van der Waals surface area contributed by atoms with Crippen molar-refractivity contribution in [2.24, 2.45) is 4.99 Å². The number of hydrogen-bond acceptors (Lipinski definition) is 5. The highest BCUT2D eigenvalue weighted by Gasteiger charge is 2.24. The van der Waals surface area contributed by atoms with E-state index in [1.165, 1.54) is 0 Å². The first-order valence-corrected chi connectivity index (χ1v) is 10.0. The Morgan fingerprint density at radius 1 is 1.21 bits per heavy atom. The summed E-state index contributed by atoms with van der Waals surface area (Å²) in [7, 11) is 0.